The SMILES string of the molecule is CCCCCCCCCC(=O)OOC(=O)OOC(=O)OO. The fraction of sp³-hybridized carbons (Fsp3) is 0.750. The van der Waals surface area contributed by atoms with E-state index in [2.05, 4.69) is 31.4 Å². The first kappa shape index (κ1) is 19.0. The van der Waals surface area contributed by atoms with E-state index in [1.165, 1.54) is 19.3 Å². The molecule has 0 rings (SSSR count). The summed E-state index contributed by atoms with van der Waals surface area (Å²) < 4.78 is 0. The number of rotatable bonds is 8. The maximum absolute atomic E-state index is 11.1. The second-order valence-corrected chi connectivity index (χ2v) is 4.17. The Labute approximate surface area is 121 Å². The molecule has 0 atom stereocenters. The Morgan fingerprint density at radius 3 is 1.90 bits per heavy atom. The first-order valence-corrected chi connectivity index (χ1v) is 6.71. The van der Waals surface area contributed by atoms with E-state index in [9.17, 15) is 14.4 Å². The molecule has 0 heterocycles. The molecule has 0 amide bonds. The summed E-state index contributed by atoms with van der Waals surface area (Å²) in [4.78, 5) is 50.3. The molecule has 0 unspecified atom stereocenters. The van der Waals surface area contributed by atoms with Crippen LogP contribution < -0.4 is 0 Å². The predicted molar refractivity (Wildman–Crippen MR) is 66.5 cm³/mol. The van der Waals surface area contributed by atoms with Crippen LogP contribution in [-0.4, -0.2) is 23.5 Å². The summed E-state index contributed by atoms with van der Waals surface area (Å²) in [5, 5.41) is 7.76. The molecule has 1 N–H and O–H groups in total. The quantitative estimate of drug-likeness (QED) is 0.409. The minimum Gasteiger partial charge on any atom is -0.260 e. The van der Waals surface area contributed by atoms with Crippen molar-refractivity contribution in [3.05, 3.63) is 0 Å². The number of hydrogen-bond donors (Lipinski definition) is 1. The highest BCUT2D eigenvalue weighted by Crippen LogP contribution is 2.08. The van der Waals surface area contributed by atoms with Crippen LogP contribution in [0.2, 0.25) is 0 Å². The van der Waals surface area contributed by atoms with Gasteiger partial charge in [0.15, 0.2) is 0 Å². The Bertz CT molecular complexity index is 316. The molecule has 0 aromatic rings. The van der Waals surface area contributed by atoms with Gasteiger partial charge in [0.2, 0.25) is 0 Å². The fourth-order valence-electron chi connectivity index (χ4n) is 1.45. The second-order valence-electron chi connectivity index (χ2n) is 4.17. The van der Waals surface area contributed by atoms with E-state index < -0.39 is 18.3 Å². The van der Waals surface area contributed by atoms with Crippen LogP contribution in [0, 0.1) is 0 Å². The molecule has 9 nitrogen and oxygen atoms in total. The summed E-state index contributed by atoms with van der Waals surface area (Å²) in [5.41, 5.74) is 0. The topological polar surface area (TPSA) is 118 Å². The zero-order chi connectivity index (χ0) is 15.9. The van der Waals surface area contributed by atoms with Crippen molar-refractivity contribution in [3.63, 3.8) is 0 Å². The fourth-order valence-corrected chi connectivity index (χ4v) is 1.45. The van der Waals surface area contributed by atoms with E-state index in [1.807, 2.05) is 0 Å². The molecule has 0 spiro atoms. The highest BCUT2D eigenvalue weighted by molar-refractivity contribution is 5.70. The maximum atomic E-state index is 11.1. The summed E-state index contributed by atoms with van der Waals surface area (Å²) >= 11 is 0. The molecular formula is C12H20O9. The summed E-state index contributed by atoms with van der Waals surface area (Å²) in [6.07, 6.45) is 4.08. The lowest BCUT2D eigenvalue weighted by Crippen LogP contribution is -2.15. The predicted octanol–water partition coefficient (Wildman–Crippen LogP) is 3.28. The lowest BCUT2D eigenvalue weighted by molar-refractivity contribution is -0.307. The molecule has 0 radical (unpaired) electrons. The number of hydrogen-bond acceptors (Lipinski definition) is 9. The van der Waals surface area contributed by atoms with Crippen molar-refractivity contribution in [1.29, 1.82) is 0 Å². The van der Waals surface area contributed by atoms with Gasteiger partial charge in [0.05, 0.1) is 6.42 Å². The van der Waals surface area contributed by atoms with Crippen LogP contribution in [0.15, 0.2) is 0 Å². The van der Waals surface area contributed by atoms with Gasteiger partial charge < -0.3 is 0 Å². The molecular weight excluding hydrogens is 288 g/mol. The molecule has 0 aromatic heterocycles. The molecule has 0 saturated heterocycles. The van der Waals surface area contributed by atoms with Crippen LogP contribution in [0.1, 0.15) is 58.3 Å². The van der Waals surface area contributed by atoms with Crippen molar-refractivity contribution >= 4 is 18.3 Å². The monoisotopic (exact) mass is 308 g/mol. The average Bonchev–Trinajstić information content (AvgIpc) is 2.49. The van der Waals surface area contributed by atoms with E-state index >= 15 is 0 Å². The van der Waals surface area contributed by atoms with E-state index in [4.69, 9.17) is 5.26 Å². The third-order valence-electron chi connectivity index (χ3n) is 2.44. The maximum Gasteiger partial charge on any atom is 0.592 e. The van der Waals surface area contributed by atoms with Crippen LogP contribution in [0.4, 0.5) is 9.59 Å². The Kier molecular flexibility index (Phi) is 11.7. The third kappa shape index (κ3) is 12.7. The van der Waals surface area contributed by atoms with E-state index in [0.717, 1.165) is 19.3 Å². The molecule has 0 saturated carbocycles. The van der Waals surface area contributed by atoms with Gasteiger partial charge in [0, 0.05) is 0 Å². The minimum absolute atomic E-state index is 0.0978. The molecule has 122 valence electrons. The smallest absolute Gasteiger partial charge is 0.260 e. The largest absolute Gasteiger partial charge is 0.592 e. The van der Waals surface area contributed by atoms with E-state index in [0.29, 0.717) is 6.42 Å². The number of carbonyl (C=O) groups is 3. The standard InChI is InChI=1S/C12H20O9/c1-2-3-4-5-6-7-8-9-10(13)18-20-12(15)21-19-11(14)17-16/h16H,2-9H2,1H3. The van der Waals surface area contributed by atoms with Gasteiger partial charge in [-0.3, -0.25) is 4.89 Å². The lowest BCUT2D eigenvalue weighted by Gasteiger charge is -2.02. The zero-order valence-corrected chi connectivity index (χ0v) is 11.9. The van der Waals surface area contributed by atoms with Gasteiger partial charge >= 0.3 is 18.3 Å². The van der Waals surface area contributed by atoms with Crippen LogP contribution >= 0.6 is 0 Å². The Morgan fingerprint density at radius 1 is 0.762 bits per heavy atom. The van der Waals surface area contributed by atoms with E-state index in [-0.39, 0.29) is 6.42 Å². The van der Waals surface area contributed by atoms with Gasteiger partial charge in [0.1, 0.15) is 0 Å². The Hall–Kier alpha value is -2.03. The molecule has 0 bridgehead atoms. The molecule has 0 fully saturated rings. The van der Waals surface area contributed by atoms with E-state index in [1.54, 1.807) is 0 Å². The lowest BCUT2D eigenvalue weighted by atomic mass is 10.1. The number of carbonyl (C=O) groups excluding carboxylic acids is 3. The van der Waals surface area contributed by atoms with Crippen LogP contribution in [0.5, 0.6) is 0 Å². The molecule has 21 heavy (non-hydrogen) atoms. The van der Waals surface area contributed by atoms with Crippen LogP contribution in [0.3, 0.4) is 0 Å². The van der Waals surface area contributed by atoms with Gasteiger partial charge in [-0.15, -0.1) is 0 Å². The highest BCUT2D eigenvalue weighted by Gasteiger charge is 2.15. The first-order valence-electron chi connectivity index (χ1n) is 6.71. The average molecular weight is 308 g/mol. The Morgan fingerprint density at radius 2 is 1.29 bits per heavy atom. The third-order valence-corrected chi connectivity index (χ3v) is 2.44. The van der Waals surface area contributed by atoms with Gasteiger partial charge in [-0.05, 0) is 6.42 Å². The molecule has 0 aliphatic heterocycles. The van der Waals surface area contributed by atoms with Crippen LogP contribution in [-0.2, 0) is 29.2 Å². The minimum atomic E-state index is -1.68. The van der Waals surface area contributed by atoms with Gasteiger partial charge in [0.25, 0.3) is 0 Å². The first-order chi connectivity index (χ1) is 10.1. The van der Waals surface area contributed by atoms with Crippen LogP contribution in [0.25, 0.3) is 0 Å². The highest BCUT2D eigenvalue weighted by atomic mass is 17.3. The normalized spacial score (nSPS) is 9.62. The van der Waals surface area contributed by atoms with Crippen molar-refractivity contribution in [3.8, 4) is 0 Å². The van der Waals surface area contributed by atoms with Crippen molar-refractivity contribution < 1.29 is 44.1 Å². The molecule has 0 aliphatic rings. The summed E-state index contributed by atoms with van der Waals surface area (Å²) in [7, 11) is 0. The molecule has 9 heteroatoms. The summed E-state index contributed by atoms with van der Waals surface area (Å²) in [6.45, 7) is 2.14. The second kappa shape index (κ2) is 13.0. The van der Waals surface area contributed by atoms with Crippen molar-refractivity contribution in [2.45, 2.75) is 58.3 Å². The molecule has 0 aromatic carbocycles. The zero-order valence-electron chi connectivity index (χ0n) is 11.9. The van der Waals surface area contributed by atoms with Gasteiger partial charge in [-0.1, -0.05) is 45.4 Å². The number of unbranched alkanes of at least 4 members (excludes halogenated alkanes) is 6. The summed E-state index contributed by atoms with van der Waals surface area (Å²) in [6, 6.07) is 0. The van der Waals surface area contributed by atoms with Gasteiger partial charge in [-0.2, -0.15) is 24.6 Å². The van der Waals surface area contributed by atoms with Crippen molar-refractivity contribution in [2.24, 2.45) is 0 Å². The van der Waals surface area contributed by atoms with Crippen molar-refractivity contribution in [1.82, 2.24) is 0 Å². The Balaban J connectivity index is 3.45. The molecule has 0 aliphatic carbocycles. The summed E-state index contributed by atoms with van der Waals surface area (Å²) in [5.74, 6) is -0.745. The van der Waals surface area contributed by atoms with Gasteiger partial charge in [-0.25, -0.2) is 14.6 Å². The van der Waals surface area contributed by atoms with Crippen molar-refractivity contribution in [2.75, 3.05) is 0 Å².